The Balaban J connectivity index is 2.60. The standard InChI is InChI=1S/C10H11N3O2/c1-11-9(14)8-5-6-7(13-8)3-4-12-10(6)15-2/h3-5,13H,1-2H3,(H,11,14). The van der Waals surface area contributed by atoms with Crippen molar-refractivity contribution in [2.24, 2.45) is 0 Å². The number of hydrogen-bond acceptors (Lipinski definition) is 3. The molecule has 2 N–H and O–H groups in total. The van der Waals surface area contributed by atoms with Gasteiger partial charge in [0.15, 0.2) is 0 Å². The molecule has 0 aliphatic rings. The van der Waals surface area contributed by atoms with Crippen LogP contribution in [0.2, 0.25) is 0 Å². The lowest BCUT2D eigenvalue weighted by Crippen LogP contribution is -2.17. The van der Waals surface area contributed by atoms with Gasteiger partial charge in [-0.1, -0.05) is 0 Å². The summed E-state index contributed by atoms with van der Waals surface area (Å²) in [4.78, 5) is 18.4. The Bertz CT molecular complexity index is 504. The molecule has 2 aromatic heterocycles. The minimum absolute atomic E-state index is 0.159. The van der Waals surface area contributed by atoms with Crippen LogP contribution in [0.1, 0.15) is 10.5 Å². The highest BCUT2D eigenvalue weighted by Gasteiger charge is 2.10. The summed E-state index contributed by atoms with van der Waals surface area (Å²) < 4.78 is 5.09. The van der Waals surface area contributed by atoms with Gasteiger partial charge < -0.3 is 15.0 Å². The van der Waals surface area contributed by atoms with Crippen LogP contribution in [0.15, 0.2) is 18.3 Å². The maximum absolute atomic E-state index is 11.4. The molecule has 0 saturated heterocycles. The molecule has 0 unspecified atom stereocenters. The fourth-order valence-electron chi connectivity index (χ4n) is 1.45. The minimum atomic E-state index is -0.159. The molecule has 2 heterocycles. The quantitative estimate of drug-likeness (QED) is 0.766. The molecular formula is C10H11N3O2. The Morgan fingerprint density at radius 1 is 1.60 bits per heavy atom. The number of pyridine rings is 1. The number of carbonyl (C=O) groups excluding carboxylic acids is 1. The van der Waals surface area contributed by atoms with Gasteiger partial charge in [-0.25, -0.2) is 4.98 Å². The van der Waals surface area contributed by atoms with Crippen molar-refractivity contribution in [1.29, 1.82) is 0 Å². The summed E-state index contributed by atoms with van der Waals surface area (Å²) in [6, 6.07) is 3.52. The van der Waals surface area contributed by atoms with Crippen LogP contribution in [0.3, 0.4) is 0 Å². The van der Waals surface area contributed by atoms with E-state index in [-0.39, 0.29) is 5.91 Å². The second-order valence-corrected chi connectivity index (χ2v) is 3.04. The molecule has 0 aromatic carbocycles. The zero-order chi connectivity index (χ0) is 10.8. The summed E-state index contributed by atoms with van der Waals surface area (Å²) in [5, 5.41) is 3.35. The van der Waals surface area contributed by atoms with Gasteiger partial charge in [0.2, 0.25) is 5.88 Å². The first kappa shape index (κ1) is 9.51. The molecule has 5 nitrogen and oxygen atoms in total. The summed E-state index contributed by atoms with van der Waals surface area (Å²) >= 11 is 0. The predicted octanol–water partition coefficient (Wildman–Crippen LogP) is 0.931. The molecule has 0 saturated carbocycles. The van der Waals surface area contributed by atoms with Crippen molar-refractivity contribution >= 4 is 16.8 Å². The van der Waals surface area contributed by atoms with Crippen LogP contribution in [0.5, 0.6) is 5.88 Å². The Kier molecular flexibility index (Phi) is 2.29. The maximum Gasteiger partial charge on any atom is 0.267 e. The number of nitrogens with one attached hydrogen (secondary N) is 2. The number of rotatable bonds is 2. The van der Waals surface area contributed by atoms with Gasteiger partial charge in [0.1, 0.15) is 5.69 Å². The monoisotopic (exact) mass is 205 g/mol. The second kappa shape index (κ2) is 3.61. The van der Waals surface area contributed by atoms with E-state index in [1.165, 1.54) is 0 Å². The third kappa shape index (κ3) is 1.52. The van der Waals surface area contributed by atoms with E-state index in [9.17, 15) is 4.79 Å². The van der Waals surface area contributed by atoms with Gasteiger partial charge in [0.25, 0.3) is 5.91 Å². The van der Waals surface area contributed by atoms with Crippen molar-refractivity contribution in [3.8, 4) is 5.88 Å². The predicted molar refractivity (Wildman–Crippen MR) is 56.0 cm³/mol. The molecule has 1 amide bonds. The van der Waals surface area contributed by atoms with E-state index in [0.29, 0.717) is 11.6 Å². The second-order valence-electron chi connectivity index (χ2n) is 3.04. The van der Waals surface area contributed by atoms with Crippen LogP contribution in [0.4, 0.5) is 0 Å². The van der Waals surface area contributed by atoms with Crippen LogP contribution in [0, 0.1) is 0 Å². The van der Waals surface area contributed by atoms with Crippen molar-refractivity contribution in [3.05, 3.63) is 24.0 Å². The molecule has 5 heteroatoms. The lowest BCUT2D eigenvalue weighted by molar-refractivity contribution is 0.0959. The minimum Gasteiger partial charge on any atom is -0.481 e. The van der Waals surface area contributed by atoms with Crippen LogP contribution >= 0.6 is 0 Å². The Labute approximate surface area is 86.5 Å². The van der Waals surface area contributed by atoms with Crippen LogP contribution in [0.25, 0.3) is 10.9 Å². The molecule has 0 bridgehead atoms. The number of methoxy groups -OCH3 is 1. The van der Waals surface area contributed by atoms with Crippen LogP contribution < -0.4 is 10.1 Å². The number of nitrogens with zero attached hydrogens (tertiary/aromatic N) is 1. The smallest absolute Gasteiger partial charge is 0.267 e. The fourth-order valence-corrected chi connectivity index (χ4v) is 1.45. The van der Waals surface area contributed by atoms with Crippen molar-refractivity contribution in [2.45, 2.75) is 0 Å². The van der Waals surface area contributed by atoms with Crippen molar-refractivity contribution in [1.82, 2.24) is 15.3 Å². The van der Waals surface area contributed by atoms with Gasteiger partial charge in [-0.15, -0.1) is 0 Å². The highest BCUT2D eigenvalue weighted by Crippen LogP contribution is 2.23. The molecule has 0 fully saturated rings. The van der Waals surface area contributed by atoms with Crippen molar-refractivity contribution in [2.75, 3.05) is 14.2 Å². The molecule has 0 aliphatic heterocycles. The SMILES string of the molecule is CNC(=O)c1cc2c(OC)nccc2[nH]1. The number of fused-ring (bicyclic) bond motifs is 1. The third-order valence-electron chi connectivity index (χ3n) is 2.18. The van der Waals surface area contributed by atoms with E-state index in [1.54, 1.807) is 32.5 Å². The number of ether oxygens (including phenoxy) is 1. The summed E-state index contributed by atoms with van der Waals surface area (Å²) in [6.45, 7) is 0. The zero-order valence-electron chi connectivity index (χ0n) is 8.50. The van der Waals surface area contributed by atoms with Gasteiger partial charge in [-0.3, -0.25) is 4.79 Å². The number of carbonyl (C=O) groups is 1. The highest BCUT2D eigenvalue weighted by atomic mass is 16.5. The highest BCUT2D eigenvalue weighted by molar-refractivity contribution is 5.99. The maximum atomic E-state index is 11.4. The molecule has 0 radical (unpaired) electrons. The molecule has 2 rings (SSSR count). The van der Waals surface area contributed by atoms with Gasteiger partial charge in [-0.05, 0) is 12.1 Å². The van der Waals surface area contributed by atoms with Gasteiger partial charge in [0, 0.05) is 13.2 Å². The number of amides is 1. The average molecular weight is 205 g/mol. The lowest BCUT2D eigenvalue weighted by atomic mass is 10.3. The summed E-state index contributed by atoms with van der Waals surface area (Å²) in [6.07, 6.45) is 1.63. The van der Waals surface area contributed by atoms with Crippen molar-refractivity contribution < 1.29 is 9.53 Å². The third-order valence-corrected chi connectivity index (χ3v) is 2.18. The fraction of sp³-hybridized carbons (Fsp3) is 0.200. The first-order valence-electron chi connectivity index (χ1n) is 4.50. The van der Waals surface area contributed by atoms with E-state index < -0.39 is 0 Å². The van der Waals surface area contributed by atoms with Gasteiger partial charge in [0.05, 0.1) is 18.0 Å². The number of aromatic nitrogens is 2. The first-order chi connectivity index (χ1) is 7.26. The Hall–Kier alpha value is -2.04. The van der Waals surface area contributed by atoms with E-state index in [4.69, 9.17) is 4.74 Å². The number of aromatic amines is 1. The Morgan fingerprint density at radius 3 is 3.07 bits per heavy atom. The van der Waals surface area contributed by atoms with Crippen LogP contribution in [-0.4, -0.2) is 30.0 Å². The van der Waals surface area contributed by atoms with E-state index >= 15 is 0 Å². The largest absolute Gasteiger partial charge is 0.481 e. The molecule has 0 atom stereocenters. The van der Waals surface area contributed by atoms with Gasteiger partial charge >= 0.3 is 0 Å². The number of H-pyrrole nitrogens is 1. The molecule has 78 valence electrons. The summed E-state index contributed by atoms with van der Waals surface area (Å²) in [5.41, 5.74) is 1.33. The molecule has 0 aliphatic carbocycles. The number of hydrogen-bond donors (Lipinski definition) is 2. The first-order valence-corrected chi connectivity index (χ1v) is 4.50. The average Bonchev–Trinajstić information content (AvgIpc) is 2.71. The van der Waals surface area contributed by atoms with E-state index in [1.807, 2.05) is 0 Å². The summed E-state index contributed by atoms with van der Waals surface area (Å²) in [7, 11) is 3.14. The van der Waals surface area contributed by atoms with Crippen molar-refractivity contribution in [3.63, 3.8) is 0 Å². The van der Waals surface area contributed by atoms with Gasteiger partial charge in [-0.2, -0.15) is 0 Å². The molecule has 2 aromatic rings. The lowest BCUT2D eigenvalue weighted by Gasteiger charge is -1.97. The van der Waals surface area contributed by atoms with E-state index in [2.05, 4.69) is 15.3 Å². The molecular weight excluding hydrogens is 194 g/mol. The topological polar surface area (TPSA) is 67.0 Å². The Morgan fingerprint density at radius 2 is 2.40 bits per heavy atom. The van der Waals surface area contributed by atoms with Crippen LogP contribution in [-0.2, 0) is 0 Å². The molecule has 0 spiro atoms. The van der Waals surface area contributed by atoms with E-state index in [0.717, 1.165) is 10.9 Å². The normalized spacial score (nSPS) is 10.3. The zero-order valence-corrected chi connectivity index (χ0v) is 8.50. The summed E-state index contributed by atoms with van der Waals surface area (Å²) in [5.74, 6) is 0.354. The molecule has 15 heavy (non-hydrogen) atoms.